The molecule has 0 aliphatic carbocycles. The monoisotopic (exact) mass is 379 g/mol. The molecule has 0 aliphatic rings. The molecule has 1 heterocycles. The number of nitrogens with one attached hydrogen (secondary N) is 1. The van der Waals surface area contributed by atoms with E-state index < -0.39 is 16.9 Å². The zero-order valence-electron chi connectivity index (χ0n) is 14.9. The van der Waals surface area contributed by atoms with Crippen molar-refractivity contribution in [3.8, 4) is 11.3 Å². The number of aryl methyl sites for hydroxylation is 1. The molecule has 2 N–H and O–H groups in total. The average Bonchev–Trinajstić information content (AvgIpc) is 3.17. The Labute approximate surface area is 160 Å². The first kappa shape index (κ1) is 19.0. The fourth-order valence-electron chi connectivity index (χ4n) is 2.54. The van der Waals surface area contributed by atoms with Crippen LogP contribution in [0.15, 0.2) is 70.2 Å². The summed E-state index contributed by atoms with van der Waals surface area (Å²) in [6.45, 7) is 1.66. The van der Waals surface area contributed by atoms with Gasteiger partial charge in [-0.3, -0.25) is 14.9 Å². The Kier molecular flexibility index (Phi) is 5.61. The van der Waals surface area contributed by atoms with E-state index in [1.165, 1.54) is 12.3 Å². The van der Waals surface area contributed by atoms with Gasteiger partial charge in [0.15, 0.2) is 6.10 Å². The summed E-state index contributed by atoms with van der Waals surface area (Å²) in [5.41, 5.74) is 3.82. The Morgan fingerprint density at radius 3 is 2.68 bits per heavy atom. The Morgan fingerprint density at radius 1 is 1.21 bits per heavy atom. The van der Waals surface area contributed by atoms with Gasteiger partial charge in [-0.05, 0) is 24.6 Å². The van der Waals surface area contributed by atoms with Crippen LogP contribution in [0.2, 0.25) is 0 Å². The highest BCUT2D eigenvalue weighted by Gasteiger charge is 2.16. The molecule has 1 amide bonds. The molecule has 1 aromatic heterocycles. The molecule has 8 nitrogen and oxygen atoms in total. The van der Waals surface area contributed by atoms with Crippen molar-refractivity contribution >= 4 is 17.8 Å². The van der Waals surface area contributed by atoms with Crippen LogP contribution in [0, 0.1) is 17.0 Å². The number of carbonyl (C=O) groups is 1. The molecular weight excluding hydrogens is 362 g/mol. The number of hydrazone groups is 1. The van der Waals surface area contributed by atoms with Crippen molar-refractivity contribution in [2.45, 2.75) is 13.0 Å². The number of nitro benzene ring substituents is 1. The maximum atomic E-state index is 11.9. The third-order valence-corrected chi connectivity index (χ3v) is 4.05. The van der Waals surface area contributed by atoms with Crippen molar-refractivity contribution in [1.29, 1.82) is 0 Å². The SMILES string of the molecule is Cc1ccc(-c2ccc(/C=N\NC(=O)[C@@H](O)c3ccccc3)o2)cc1[N+](=O)[O-]. The van der Waals surface area contributed by atoms with Crippen molar-refractivity contribution in [3.63, 3.8) is 0 Å². The Bertz CT molecular complexity index is 1030. The highest BCUT2D eigenvalue weighted by atomic mass is 16.6. The van der Waals surface area contributed by atoms with E-state index in [-0.39, 0.29) is 5.69 Å². The van der Waals surface area contributed by atoms with Gasteiger partial charge in [-0.2, -0.15) is 5.10 Å². The lowest BCUT2D eigenvalue weighted by Gasteiger charge is -2.08. The molecular formula is C20H17N3O5. The van der Waals surface area contributed by atoms with Crippen LogP contribution in [0.3, 0.4) is 0 Å². The van der Waals surface area contributed by atoms with Gasteiger partial charge < -0.3 is 9.52 Å². The predicted octanol–water partition coefficient (Wildman–Crippen LogP) is 3.35. The van der Waals surface area contributed by atoms with Gasteiger partial charge in [0, 0.05) is 17.2 Å². The summed E-state index contributed by atoms with van der Waals surface area (Å²) < 4.78 is 5.59. The molecule has 0 bridgehead atoms. The first-order valence-corrected chi connectivity index (χ1v) is 8.37. The molecule has 28 heavy (non-hydrogen) atoms. The number of rotatable bonds is 6. The van der Waals surface area contributed by atoms with E-state index in [4.69, 9.17) is 4.42 Å². The minimum atomic E-state index is -1.33. The van der Waals surface area contributed by atoms with E-state index in [1.54, 1.807) is 61.5 Å². The Morgan fingerprint density at radius 2 is 1.96 bits per heavy atom. The molecule has 0 spiro atoms. The summed E-state index contributed by atoms with van der Waals surface area (Å²) in [4.78, 5) is 22.5. The van der Waals surface area contributed by atoms with Crippen molar-refractivity contribution < 1.29 is 19.2 Å². The third kappa shape index (κ3) is 4.30. The largest absolute Gasteiger partial charge is 0.455 e. The average molecular weight is 379 g/mol. The van der Waals surface area contributed by atoms with Gasteiger partial charge in [-0.25, -0.2) is 5.43 Å². The lowest BCUT2D eigenvalue weighted by atomic mass is 10.1. The molecule has 2 aromatic carbocycles. The molecule has 0 fully saturated rings. The molecule has 3 rings (SSSR count). The number of aliphatic hydroxyl groups excluding tert-OH is 1. The standard InChI is InChI=1S/C20H17N3O5/c1-13-7-8-15(11-17(13)23(26)27)18-10-9-16(28-18)12-21-22-20(25)19(24)14-5-3-2-4-6-14/h2-12,19,24H,1H3,(H,22,25)/b21-12-/t19-/m0/s1. The van der Waals surface area contributed by atoms with Crippen LogP contribution in [0.1, 0.15) is 23.0 Å². The summed E-state index contributed by atoms with van der Waals surface area (Å²) in [6.07, 6.45) is -0.0551. The highest BCUT2D eigenvalue weighted by molar-refractivity contribution is 5.84. The number of benzene rings is 2. The van der Waals surface area contributed by atoms with Crippen LogP contribution < -0.4 is 5.43 Å². The molecule has 0 saturated heterocycles. The minimum Gasteiger partial charge on any atom is -0.455 e. The fraction of sp³-hybridized carbons (Fsp3) is 0.100. The second kappa shape index (κ2) is 8.28. The highest BCUT2D eigenvalue weighted by Crippen LogP contribution is 2.27. The molecule has 3 aromatic rings. The second-order valence-corrected chi connectivity index (χ2v) is 6.01. The Balaban J connectivity index is 1.67. The van der Waals surface area contributed by atoms with Crippen LogP contribution in [0.4, 0.5) is 5.69 Å². The summed E-state index contributed by atoms with van der Waals surface area (Å²) in [6, 6.07) is 16.6. The van der Waals surface area contributed by atoms with Gasteiger partial charge in [0.05, 0.1) is 11.1 Å². The lowest BCUT2D eigenvalue weighted by molar-refractivity contribution is -0.385. The predicted molar refractivity (Wildman–Crippen MR) is 103 cm³/mol. The van der Waals surface area contributed by atoms with Crippen LogP contribution in [0.5, 0.6) is 0 Å². The quantitative estimate of drug-likeness (QED) is 0.387. The van der Waals surface area contributed by atoms with E-state index >= 15 is 0 Å². The van der Waals surface area contributed by atoms with Gasteiger partial charge >= 0.3 is 0 Å². The van der Waals surface area contributed by atoms with Gasteiger partial charge in [-0.1, -0.05) is 42.5 Å². The van der Waals surface area contributed by atoms with Gasteiger partial charge in [0.25, 0.3) is 11.6 Å². The van der Waals surface area contributed by atoms with Crippen molar-refractivity contribution in [2.24, 2.45) is 5.10 Å². The van der Waals surface area contributed by atoms with Crippen LogP contribution in [0.25, 0.3) is 11.3 Å². The molecule has 0 radical (unpaired) electrons. The van der Waals surface area contributed by atoms with Crippen LogP contribution in [-0.2, 0) is 4.79 Å². The molecule has 142 valence electrons. The number of hydrogen-bond acceptors (Lipinski definition) is 6. The van der Waals surface area contributed by atoms with Gasteiger partial charge in [0.1, 0.15) is 11.5 Å². The molecule has 0 unspecified atom stereocenters. The summed E-state index contributed by atoms with van der Waals surface area (Å²) in [5, 5.41) is 24.8. The number of nitro groups is 1. The summed E-state index contributed by atoms with van der Waals surface area (Å²) in [7, 11) is 0. The topological polar surface area (TPSA) is 118 Å². The summed E-state index contributed by atoms with van der Waals surface area (Å²) >= 11 is 0. The zero-order chi connectivity index (χ0) is 20.1. The normalized spacial score (nSPS) is 12.1. The molecule has 8 heteroatoms. The first-order chi connectivity index (χ1) is 13.5. The zero-order valence-corrected chi connectivity index (χ0v) is 14.9. The number of carbonyl (C=O) groups excluding carboxylic acids is 1. The minimum absolute atomic E-state index is 0.00581. The van der Waals surface area contributed by atoms with Crippen LogP contribution >= 0.6 is 0 Å². The summed E-state index contributed by atoms with van der Waals surface area (Å²) in [5.74, 6) is 0.0938. The molecule has 0 saturated carbocycles. The van der Waals surface area contributed by atoms with Crippen molar-refractivity contribution in [3.05, 3.63) is 87.7 Å². The number of hydrogen-bond donors (Lipinski definition) is 2. The van der Waals surface area contributed by atoms with Gasteiger partial charge in [0.2, 0.25) is 0 Å². The van der Waals surface area contributed by atoms with E-state index in [0.717, 1.165) is 0 Å². The molecule has 0 aliphatic heterocycles. The van der Waals surface area contributed by atoms with Crippen molar-refractivity contribution in [2.75, 3.05) is 0 Å². The van der Waals surface area contributed by atoms with E-state index in [2.05, 4.69) is 10.5 Å². The second-order valence-electron chi connectivity index (χ2n) is 6.01. The maximum Gasteiger partial charge on any atom is 0.273 e. The number of aliphatic hydroxyl groups is 1. The van der Waals surface area contributed by atoms with Crippen molar-refractivity contribution in [1.82, 2.24) is 5.43 Å². The van der Waals surface area contributed by atoms with Crippen LogP contribution in [-0.4, -0.2) is 22.2 Å². The number of nitrogens with zero attached hydrogens (tertiary/aromatic N) is 2. The fourth-order valence-corrected chi connectivity index (χ4v) is 2.54. The maximum absolute atomic E-state index is 11.9. The molecule has 1 atom stereocenters. The third-order valence-electron chi connectivity index (χ3n) is 4.05. The van der Waals surface area contributed by atoms with E-state index in [1.807, 2.05) is 0 Å². The van der Waals surface area contributed by atoms with Gasteiger partial charge in [-0.15, -0.1) is 0 Å². The Hall–Kier alpha value is -3.78. The van der Waals surface area contributed by atoms with E-state index in [9.17, 15) is 20.0 Å². The first-order valence-electron chi connectivity index (χ1n) is 8.37. The van der Waals surface area contributed by atoms with E-state index in [0.29, 0.717) is 28.2 Å². The lowest BCUT2D eigenvalue weighted by Crippen LogP contribution is -2.25. The number of furan rings is 1. The smallest absolute Gasteiger partial charge is 0.273 e. The number of amides is 1.